The van der Waals surface area contributed by atoms with E-state index < -0.39 is 34.6 Å². The highest BCUT2D eigenvalue weighted by atomic mass is 32.2. The number of alkyl halides is 3. The topological polar surface area (TPSA) is 109 Å². The Kier molecular flexibility index (Phi) is 7.19. The number of hydrogen-bond donors (Lipinski definition) is 2. The first kappa shape index (κ1) is 24.0. The van der Waals surface area contributed by atoms with Crippen molar-refractivity contribution in [2.75, 3.05) is 17.2 Å². The van der Waals surface area contributed by atoms with Crippen LogP contribution in [-0.2, 0) is 26.2 Å². The highest BCUT2D eigenvalue weighted by Gasteiger charge is 2.38. The van der Waals surface area contributed by atoms with Crippen LogP contribution in [0.2, 0.25) is 0 Å². The Balaban J connectivity index is 1.81. The van der Waals surface area contributed by atoms with E-state index in [1.165, 1.54) is 12.3 Å². The van der Waals surface area contributed by atoms with Crippen LogP contribution in [0.15, 0.2) is 82.3 Å². The minimum Gasteiger partial charge on any atom is -0.468 e. The molecule has 2 amide bonds. The molecule has 0 unspecified atom stereocenters. The number of amides is 2. The summed E-state index contributed by atoms with van der Waals surface area (Å²) in [5.41, 5.74) is 0.235. The van der Waals surface area contributed by atoms with E-state index in [0.717, 1.165) is 28.6 Å². The van der Waals surface area contributed by atoms with Crippen molar-refractivity contribution in [1.82, 2.24) is 4.31 Å². The van der Waals surface area contributed by atoms with Crippen molar-refractivity contribution in [3.63, 3.8) is 0 Å². The molecule has 3 aromatic rings. The van der Waals surface area contributed by atoms with Crippen LogP contribution < -0.4 is 10.6 Å². The lowest BCUT2D eigenvalue weighted by Crippen LogP contribution is -2.37. The van der Waals surface area contributed by atoms with E-state index in [0.29, 0.717) is 5.69 Å². The van der Waals surface area contributed by atoms with Crippen LogP contribution in [0.3, 0.4) is 0 Å². The largest absolute Gasteiger partial charge is 0.471 e. The minimum atomic E-state index is -5.09. The highest BCUT2D eigenvalue weighted by Crippen LogP contribution is 2.23. The van der Waals surface area contributed by atoms with Crippen LogP contribution in [-0.4, -0.2) is 37.3 Å². The first-order valence-electron chi connectivity index (χ1n) is 9.41. The van der Waals surface area contributed by atoms with Crippen LogP contribution in [0.1, 0.15) is 5.76 Å². The normalized spacial score (nSPS) is 11.9. The molecule has 0 fully saturated rings. The molecule has 0 aliphatic carbocycles. The summed E-state index contributed by atoms with van der Waals surface area (Å²) in [5, 5.41) is 4.22. The molecule has 8 nitrogen and oxygen atoms in total. The van der Waals surface area contributed by atoms with Gasteiger partial charge in [0.15, 0.2) is 0 Å². The zero-order chi connectivity index (χ0) is 24.1. The van der Waals surface area contributed by atoms with Gasteiger partial charge in [-0.15, -0.1) is 0 Å². The predicted molar refractivity (Wildman–Crippen MR) is 113 cm³/mol. The fourth-order valence-corrected chi connectivity index (χ4v) is 4.11. The molecule has 0 aliphatic rings. The maximum Gasteiger partial charge on any atom is 0.471 e. The molecule has 0 saturated carbocycles. The quantitative estimate of drug-likeness (QED) is 0.511. The molecule has 174 valence electrons. The van der Waals surface area contributed by atoms with Gasteiger partial charge in [0, 0.05) is 11.4 Å². The van der Waals surface area contributed by atoms with E-state index in [9.17, 15) is 31.2 Å². The zero-order valence-electron chi connectivity index (χ0n) is 16.9. The Morgan fingerprint density at radius 2 is 1.52 bits per heavy atom. The lowest BCUT2D eigenvalue weighted by atomic mass is 10.3. The fraction of sp³-hybridized carbons (Fsp3) is 0.143. The van der Waals surface area contributed by atoms with Gasteiger partial charge < -0.3 is 15.1 Å². The molecule has 3 rings (SSSR count). The van der Waals surface area contributed by atoms with Crippen molar-refractivity contribution < 1.29 is 35.6 Å². The van der Waals surface area contributed by atoms with Gasteiger partial charge in [-0.3, -0.25) is 9.59 Å². The first-order valence-corrected chi connectivity index (χ1v) is 10.9. The van der Waals surface area contributed by atoms with Gasteiger partial charge in [0.1, 0.15) is 5.76 Å². The number of carbonyl (C=O) groups is 2. The Bertz CT molecular complexity index is 1200. The van der Waals surface area contributed by atoms with Crippen LogP contribution >= 0.6 is 0 Å². The average molecular weight is 481 g/mol. The maximum absolute atomic E-state index is 13.2. The molecule has 2 aromatic carbocycles. The lowest BCUT2D eigenvalue weighted by Gasteiger charge is -2.21. The molecule has 1 aromatic heterocycles. The van der Waals surface area contributed by atoms with Gasteiger partial charge in [-0.2, -0.15) is 17.5 Å². The van der Waals surface area contributed by atoms with Gasteiger partial charge in [0.25, 0.3) is 0 Å². The summed E-state index contributed by atoms with van der Waals surface area (Å²) in [4.78, 5) is 23.3. The fourth-order valence-electron chi connectivity index (χ4n) is 2.75. The Morgan fingerprint density at radius 3 is 2.09 bits per heavy atom. The lowest BCUT2D eigenvalue weighted by molar-refractivity contribution is -0.167. The molecule has 0 saturated heterocycles. The van der Waals surface area contributed by atoms with Crippen molar-refractivity contribution in [1.29, 1.82) is 0 Å². The zero-order valence-corrected chi connectivity index (χ0v) is 17.7. The number of sulfonamides is 1. The monoisotopic (exact) mass is 481 g/mol. The van der Waals surface area contributed by atoms with E-state index in [4.69, 9.17) is 4.42 Å². The molecule has 0 aliphatic heterocycles. The second kappa shape index (κ2) is 9.88. The van der Waals surface area contributed by atoms with Crippen molar-refractivity contribution >= 4 is 33.2 Å². The Hall–Kier alpha value is -3.64. The highest BCUT2D eigenvalue weighted by molar-refractivity contribution is 7.89. The minimum absolute atomic E-state index is 0.240. The van der Waals surface area contributed by atoms with E-state index in [1.807, 2.05) is 0 Å². The van der Waals surface area contributed by atoms with E-state index >= 15 is 0 Å². The van der Waals surface area contributed by atoms with Gasteiger partial charge in [-0.05, 0) is 48.5 Å². The number of nitrogens with one attached hydrogen (secondary N) is 2. The van der Waals surface area contributed by atoms with Crippen molar-refractivity contribution in [2.24, 2.45) is 0 Å². The third kappa shape index (κ3) is 6.43. The number of hydrogen-bond acceptors (Lipinski definition) is 5. The Morgan fingerprint density at radius 1 is 0.879 bits per heavy atom. The molecule has 0 spiro atoms. The molecule has 2 N–H and O–H groups in total. The number of anilines is 2. The van der Waals surface area contributed by atoms with Gasteiger partial charge in [0.2, 0.25) is 15.9 Å². The number of nitrogens with zero attached hydrogens (tertiary/aromatic N) is 1. The first-order chi connectivity index (χ1) is 15.6. The number of para-hydroxylation sites is 1. The van der Waals surface area contributed by atoms with E-state index in [1.54, 1.807) is 41.7 Å². The number of furan rings is 1. The molecular weight excluding hydrogens is 463 g/mol. The summed E-state index contributed by atoms with van der Waals surface area (Å²) in [5.74, 6) is -2.51. The number of benzene rings is 2. The molecule has 0 radical (unpaired) electrons. The summed E-state index contributed by atoms with van der Waals surface area (Å²) >= 11 is 0. The van der Waals surface area contributed by atoms with Crippen LogP contribution in [0.4, 0.5) is 24.5 Å². The number of halogens is 3. The summed E-state index contributed by atoms with van der Waals surface area (Å²) in [6, 6.07) is 15.6. The molecule has 33 heavy (non-hydrogen) atoms. The van der Waals surface area contributed by atoms with Crippen LogP contribution in [0.5, 0.6) is 0 Å². The summed E-state index contributed by atoms with van der Waals surface area (Å²) < 4.78 is 69.6. The standard InChI is InChI=1S/C21H18F3N3O5S/c22-21(23,24)20(29)26-16-8-10-18(11-9-16)33(30,31)27(13-17-7-4-12-32-17)14-19(28)25-15-5-2-1-3-6-15/h1-12H,13-14H2,(H,25,28)(H,26,29). The summed E-state index contributed by atoms with van der Waals surface area (Å²) in [6.07, 6.45) is -3.74. The number of rotatable bonds is 8. The molecule has 1 heterocycles. The molecule has 0 atom stereocenters. The average Bonchev–Trinajstić information content (AvgIpc) is 3.27. The van der Waals surface area contributed by atoms with E-state index in [-0.39, 0.29) is 22.9 Å². The SMILES string of the molecule is O=C(CN(Cc1ccco1)S(=O)(=O)c1ccc(NC(=O)C(F)(F)F)cc1)Nc1ccccc1. The van der Waals surface area contributed by atoms with E-state index in [2.05, 4.69) is 5.32 Å². The molecule has 12 heteroatoms. The number of carbonyl (C=O) groups excluding carboxylic acids is 2. The molecule has 0 bridgehead atoms. The maximum atomic E-state index is 13.2. The summed E-state index contributed by atoms with van der Waals surface area (Å²) in [6.45, 7) is -0.811. The van der Waals surface area contributed by atoms with Crippen LogP contribution in [0, 0.1) is 0 Å². The second-order valence-corrected chi connectivity index (χ2v) is 8.68. The van der Waals surface area contributed by atoms with Crippen molar-refractivity contribution in [2.45, 2.75) is 17.6 Å². The van der Waals surface area contributed by atoms with Gasteiger partial charge >= 0.3 is 12.1 Å². The molecular formula is C21H18F3N3O5S. The van der Waals surface area contributed by atoms with Crippen molar-refractivity contribution in [3.8, 4) is 0 Å². The third-order valence-electron chi connectivity index (χ3n) is 4.30. The van der Waals surface area contributed by atoms with Crippen LogP contribution in [0.25, 0.3) is 0 Å². The van der Waals surface area contributed by atoms with Gasteiger partial charge in [-0.1, -0.05) is 18.2 Å². The smallest absolute Gasteiger partial charge is 0.468 e. The second-order valence-electron chi connectivity index (χ2n) is 6.74. The Labute approximate surface area is 187 Å². The summed E-state index contributed by atoms with van der Waals surface area (Å²) in [7, 11) is -4.26. The third-order valence-corrected chi connectivity index (χ3v) is 6.10. The van der Waals surface area contributed by atoms with Gasteiger partial charge in [0.05, 0.1) is 24.2 Å². The van der Waals surface area contributed by atoms with Gasteiger partial charge in [-0.25, -0.2) is 8.42 Å². The van der Waals surface area contributed by atoms with Crippen molar-refractivity contribution in [3.05, 3.63) is 78.8 Å². The predicted octanol–water partition coefficient (Wildman–Crippen LogP) is 3.61.